The molecule has 0 bridgehead atoms. The minimum absolute atomic E-state index is 0.0602. The lowest BCUT2D eigenvalue weighted by Crippen LogP contribution is -2.28. The fourth-order valence-electron chi connectivity index (χ4n) is 2.80. The van der Waals surface area contributed by atoms with E-state index >= 15 is 0 Å². The molecule has 0 aliphatic carbocycles. The van der Waals surface area contributed by atoms with E-state index in [1.807, 2.05) is 17.5 Å². The molecule has 1 aromatic carbocycles. The molecule has 2 aromatic heterocycles. The van der Waals surface area contributed by atoms with Crippen molar-refractivity contribution in [3.05, 3.63) is 57.7 Å². The number of nitrogens with zero attached hydrogens (tertiary/aromatic N) is 3. The van der Waals surface area contributed by atoms with Crippen molar-refractivity contribution in [2.45, 2.75) is 25.7 Å². The van der Waals surface area contributed by atoms with Crippen LogP contribution in [0, 0.1) is 4.77 Å². The first-order chi connectivity index (χ1) is 13.3. The molecular formula is C18H17F3N4OS2. The lowest BCUT2D eigenvalue weighted by atomic mass is 10.1. The number of nitrogens with one attached hydrogen (secondary N) is 1. The Labute approximate surface area is 168 Å². The third kappa shape index (κ3) is 4.50. The number of benzene rings is 1. The van der Waals surface area contributed by atoms with Crippen LogP contribution in [0.2, 0.25) is 0 Å². The SMILES string of the molecule is CN(Cc1ccccc1C(F)(F)F)C(=O)CCn1c(-c2cccs2)n[nH]c1=S. The summed E-state index contributed by atoms with van der Waals surface area (Å²) in [7, 11) is 1.49. The molecule has 0 radical (unpaired) electrons. The fraction of sp³-hybridized carbons (Fsp3) is 0.278. The van der Waals surface area contributed by atoms with E-state index in [4.69, 9.17) is 12.2 Å². The first-order valence-corrected chi connectivity index (χ1v) is 9.64. The molecule has 28 heavy (non-hydrogen) atoms. The van der Waals surface area contributed by atoms with Crippen molar-refractivity contribution in [3.63, 3.8) is 0 Å². The summed E-state index contributed by atoms with van der Waals surface area (Å²) in [6.07, 6.45) is -4.36. The van der Waals surface area contributed by atoms with Crippen LogP contribution in [0.3, 0.4) is 0 Å². The van der Waals surface area contributed by atoms with E-state index in [0.29, 0.717) is 10.6 Å². The third-order valence-corrected chi connectivity index (χ3v) is 5.38. The van der Waals surface area contributed by atoms with Gasteiger partial charge >= 0.3 is 6.18 Å². The van der Waals surface area contributed by atoms with Gasteiger partial charge in [0.25, 0.3) is 0 Å². The molecule has 0 saturated carbocycles. The fourth-order valence-corrected chi connectivity index (χ4v) is 3.74. The Kier molecular flexibility index (Phi) is 5.99. The summed E-state index contributed by atoms with van der Waals surface area (Å²) in [4.78, 5) is 14.7. The second-order valence-electron chi connectivity index (χ2n) is 6.14. The van der Waals surface area contributed by atoms with Crippen LogP contribution in [0.1, 0.15) is 17.5 Å². The van der Waals surface area contributed by atoms with Gasteiger partial charge in [-0.15, -0.1) is 11.3 Å². The quantitative estimate of drug-likeness (QED) is 0.580. The van der Waals surface area contributed by atoms with Crippen molar-refractivity contribution in [2.24, 2.45) is 0 Å². The Balaban J connectivity index is 1.69. The molecule has 0 atom stereocenters. The number of amides is 1. The van der Waals surface area contributed by atoms with E-state index < -0.39 is 11.7 Å². The largest absolute Gasteiger partial charge is 0.416 e. The van der Waals surface area contributed by atoms with Crippen molar-refractivity contribution in [2.75, 3.05) is 7.05 Å². The Morgan fingerprint density at radius 1 is 1.29 bits per heavy atom. The van der Waals surface area contributed by atoms with E-state index in [2.05, 4.69) is 10.2 Å². The summed E-state index contributed by atoms with van der Waals surface area (Å²) in [5, 5.41) is 8.82. The van der Waals surface area contributed by atoms with Gasteiger partial charge in [-0.3, -0.25) is 14.5 Å². The van der Waals surface area contributed by atoms with Crippen molar-refractivity contribution in [1.82, 2.24) is 19.7 Å². The average molecular weight is 426 g/mol. The molecule has 3 aromatic rings. The predicted molar refractivity (Wildman–Crippen MR) is 103 cm³/mol. The molecule has 1 amide bonds. The number of hydrogen-bond acceptors (Lipinski definition) is 4. The average Bonchev–Trinajstić information content (AvgIpc) is 3.29. The second kappa shape index (κ2) is 8.27. The molecule has 5 nitrogen and oxygen atoms in total. The maximum absolute atomic E-state index is 13.1. The number of aromatic nitrogens is 3. The van der Waals surface area contributed by atoms with Crippen LogP contribution in [-0.2, 0) is 24.1 Å². The topological polar surface area (TPSA) is 53.9 Å². The van der Waals surface area contributed by atoms with Crippen LogP contribution in [0.15, 0.2) is 41.8 Å². The number of H-pyrrole nitrogens is 1. The molecule has 10 heteroatoms. The Hall–Kier alpha value is -2.46. The lowest BCUT2D eigenvalue weighted by Gasteiger charge is -2.20. The van der Waals surface area contributed by atoms with E-state index in [9.17, 15) is 18.0 Å². The molecular weight excluding hydrogens is 409 g/mol. The second-order valence-corrected chi connectivity index (χ2v) is 7.47. The Morgan fingerprint density at radius 2 is 2.04 bits per heavy atom. The minimum Gasteiger partial charge on any atom is -0.341 e. The summed E-state index contributed by atoms with van der Waals surface area (Å²) >= 11 is 6.73. The number of halogens is 3. The van der Waals surface area contributed by atoms with E-state index in [-0.39, 0.29) is 31.0 Å². The number of rotatable bonds is 6. The van der Waals surface area contributed by atoms with Gasteiger partial charge in [0.1, 0.15) is 0 Å². The van der Waals surface area contributed by atoms with Crippen molar-refractivity contribution >= 4 is 29.5 Å². The lowest BCUT2D eigenvalue weighted by molar-refractivity contribution is -0.139. The summed E-state index contributed by atoms with van der Waals surface area (Å²) < 4.78 is 41.5. The summed E-state index contributed by atoms with van der Waals surface area (Å²) in [6.45, 7) is 0.162. The van der Waals surface area contributed by atoms with Crippen LogP contribution in [0.25, 0.3) is 10.7 Å². The Bertz CT molecular complexity index is 1010. The zero-order valence-corrected chi connectivity index (χ0v) is 16.5. The van der Waals surface area contributed by atoms with Crippen molar-refractivity contribution < 1.29 is 18.0 Å². The molecule has 2 heterocycles. The number of aromatic amines is 1. The molecule has 0 unspecified atom stereocenters. The van der Waals surface area contributed by atoms with E-state index in [1.165, 1.54) is 41.5 Å². The molecule has 3 rings (SSSR count). The van der Waals surface area contributed by atoms with Gasteiger partial charge in [0.05, 0.1) is 10.4 Å². The summed E-state index contributed by atoms with van der Waals surface area (Å²) in [5.41, 5.74) is -0.670. The van der Waals surface area contributed by atoms with Crippen LogP contribution < -0.4 is 0 Å². The Morgan fingerprint density at radius 3 is 2.71 bits per heavy atom. The van der Waals surface area contributed by atoms with Gasteiger partial charge in [0.15, 0.2) is 10.6 Å². The van der Waals surface area contributed by atoms with Gasteiger partial charge in [0.2, 0.25) is 5.91 Å². The highest BCUT2D eigenvalue weighted by molar-refractivity contribution is 7.71. The zero-order valence-electron chi connectivity index (χ0n) is 14.9. The standard InChI is InChI=1S/C18H17F3N4OS2/c1-24(11-12-5-2-3-6-13(12)18(19,20)21)15(26)8-9-25-16(22-23-17(25)27)14-7-4-10-28-14/h2-7,10H,8-9,11H2,1H3,(H,23,27). The minimum atomic E-state index is -4.46. The predicted octanol–water partition coefficient (Wildman–Crippen LogP) is 4.74. The number of carbonyl (C=O) groups is 1. The van der Waals surface area contributed by atoms with Gasteiger partial charge < -0.3 is 4.90 Å². The van der Waals surface area contributed by atoms with E-state index in [0.717, 1.165) is 10.9 Å². The summed E-state index contributed by atoms with van der Waals surface area (Å²) in [6, 6.07) is 9.05. The van der Waals surface area contributed by atoms with Crippen LogP contribution >= 0.6 is 23.6 Å². The van der Waals surface area contributed by atoms with E-state index in [1.54, 1.807) is 4.57 Å². The number of thiophene rings is 1. The maximum Gasteiger partial charge on any atom is 0.416 e. The van der Waals surface area contributed by atoms with Crippen LogP contribution in [0.4, 0.5) is 13.2 Å². The molecule has 0 aliphatic heterocycles. The molecule has 0 aliphatic rings. The van der Waals surface area contributed by atoms with Crippen molar-refractivity contribution in [3.8, 4) is 10.7 Å². The van der Waals surface area contributed by atoms with Gasteiger partial charge in [-0.1, -0.05) is 24.3 Å². The van der Waals surface area contributed by atoms with Gasteiger partial charge in [-0.25, -0.2) is 0 Å². The first kappa shape index (κ1) is 20.3. The highest BCUT2D eigenvalue weighted by Gasteiger charge is 2.33. The highest BCUT2D eigenvalue weighted by atomic mass is 32.1. The van der Waals surface area contributed by atoms with Gasteiger partial charge in [-0.2, -0.15) is 18.3 Å². The highest BCUT2D eigenvalue weighted by Crippen LogP contribution is 2.32. The maximum atomic E-state index is 13.1. The van der Waals surface area contributed by atoms with Crippen LogP contribution in [0.5, 0.6) is 0 Å². The summed E-state index contributed by atoms with van der Waals surface area (Å²) in [5.74, 6) is 0.357. The molecule has 0 saturated heterocycles. The normalized spacial score (nSPS) is 11.6. The zero-order chi connectivity index (χ0) is 20.3. The molecule has 0 fully saturated rings. The molecule has 0 spiro atoms. The third-order valence-electron chi connectivity index (χ3n) is 4.21. The van der Waals surface area contributed by atoms with Crippen molar-refractivity contribution in [1.29, 1.82) is 0 Å². The smallest absolute Gasteiger partial charge is 0.341 e. The molecule has 1 N–H and O–H groups in total. The molecule has 148 valence electrons. The van der Waals surface area contributed by atoms with Gasteiger partial charge in [0, 0.05) is 26.6 Å². The first-order valence-electron chi connectivity index (χ1n) is 8.35. The number of hydrogen-bond donors (Lipinski definition) is 1. The monoisotopic (exact) mass is 426 g/mol. The van der Waals surface area contributed by atoms with Crippen LogP contribution in [-0.4, -0.2) is 32.6 Å². The number of carbonyl (C=O) groups excluding carboxylic acids is 1. The number of alkyl halides is 3. The van der Waals surface area contributed by atoms with Gasteiger partial charge in [-0.05, 0) is 35.3 Å².